The first kappa shape index (κ1) is 14.4. The minimum absolute atomic E-state index is 0.0708. The van der Waals surface area contributed by atoms with Crippen molar-refractivity contribution in [3.63, 3.8) is 0 Å². The van der Waals surface area contributed by atoms with Gasteiger partial charge in [0.25, 0.3) is 0 Å². The molecule has 0 saturated carbocycles. The molecule has 0 aromatic heterocycles. The summed E-state index contributed by atoms with van der Waals surface area (Å²) in [5.41, 5.74) is 1.18. The molecule has 1 atom stereocenters. The molecule has 19 heavy (non-hydrogen) atoms. The van der Waals surface area contributed by atoms with Gasteiger partial charge in [-0.3, -0.25) is 4.90 Å². The van der Waals surface area contributed by atoms with Gasteiger partial charge in [0.05, 0.1) is 19.8 Å². The molecule has 0 spiro atoms. The van der Waals surface area contributed by atoms with Crippen molar-refractivity contribution >= 4 is 0 Å². The van der Waals surface area contributed by atoms with E-state index in [2.05, 4.69) is 4.90 Å². The normalized spacial score (nSPS) is 20.6. The lowest BCUT2D eigenvalue weighted by molar-refractivity contribution is 0.0532. The molecule has 2 rings (SSSR count). The summed E-state index contributed by atoms with van der Waals surface area (Å²) in [5.74, 6) is -0.183. The first-order valence-corrected chi connectivity index (χ1v) is 6.99. The Kier molecular flexibility index (Phi) is 5.76. The molecule has 1 unspecified atom stereocenters. The lowest BCUT2D eigenvalue weighted by atomic mass is 9.95. The van der Waals surface area contributed by atoms with Crippen molar-refractivity contribution in [3.8, 4) is 0 Å². The maximum absolute atomic E-state index is 13.0. The van der Waals surface area contributed by atoms with Crippen LogP contribution in [-0.2, 0) is 4.74 Å². The third-order valence-electron chi connectivity index (χ3n) is 3.63. The lowest BCUT2D eigenvalue weighted by Crippen LogP contribution is -2.36. The number of hydrogen-bond donors (Lipinski definition) is 1. The summed E-state index contributed by atoms with van der Waals surface area (Å²) >= 11 is 0. The fourth-order valence-electron chi connectivity index (χ4n) is 2.67. The quantitative estimate of drug-likeness (QED) is 0.803. The Morgan fingerprint density at radius 1 is 1.21 bits per heavy atom. The van der Waals surface area contributed by atoms with E-state index in [-0.39, 0.29) is 12.4 Å². The number of hydrogen-bond acceptors (Lipinski definition) is 3. The summed E-state index contributed by atoms with van der Waals surface area (Å²) in [5, 5.41) is 8.69. The molecule has 3 nitrogen and oxygen atoms in total. The van der Waals surface area contributed by atoms with Crippen molar-refractivity contribution in [2.75, 3.05) is 32.9 Å². The minimum atomic E-state index is -0.183. The highest BCUT2D eigenvalue weighted by molar-refractivity contribution is 5.20. The van der Waals surface area contributed by atoms with Gasteiger partial charge >= 0.3 is 0 Å². The van der Waals surface area contributed by atoms with E-state index in [1.165, 1.54) is 30.5 Å². The summed E-state index contributed by atoms with van der Waals surface area (Å²) < 4.78 is 18.3. The van der Waals surface area contributed by atoms with Crippen LogP contribution in [0.2, 0.25) is 0 Å². The number of aliphatic hydroxyl groups excluding tert-OH is 1. The third kappa shape index (κ3) is 4.27. The summed E-state index contributed by atoms with van der Waals surface area (Å²) in [6.07, 6.45) is 3.54. The lowest BCUT2D eigenvalue weighted by Gasteiger charge is -2.36. The van der Waals surface area contributed by atoms with Gasteiger partial charge < -0.3 is 9.84 Å². The van der Waals surface area contributed by atoms with Crippen molar-refractivity contribution in [2.45, 2.75) is 25.3 Å². The van der Waals surface area contributed by atoms with Crippen LogP contribution < -0.4 is 0 Å². The van der Waals surface area contributed by atoms with Crippen LogP contribution >= 0.6 is 0 Å². The molecule has 1 aromatic rings. The fourth-order valence-corrected chi connectivity index (χ4v) is 2.67. The molecular formula is C15H22FNO2. The van der Waals surface area contributed by atoms with Crippen LogP contribution in [0.4, 0.5) is 4.39 Å². The van der Waals surface area contributed by atoms with Crippen LogP contribution in [0, 0.1) is 5.82 Å². The zero-order valence-corrected chi connectivity index (χ0v) is 11.2. The van der Waals surface area contributed by atoms with Crippen LogP contribution in [0.1, 0.15) is 30.9 Å². The van der Waals surface area contributed by atoms with Gasteiger partial charge in [-0.1, -0.05) is 18.6 Å². The maximum Gasteiger partial charge on any atom is 0.123 e. The van der Waals surface area contributed by atoms with Crippen molar-refractivity contribution in [2.24, 2.45) is 0 Å². The summed E-state index contributed by atoms with van der Waals surface area (Å²) in [4.78, 5) is 2.40. The highest BCUT2D eigenvalue weighted by atomic mass is 19.1. The van der Waals surface area contributed by atoms with Gasteiger partial charge in [0.1, 0.15) is 5.82 Å². The average molecular weight is 267 g/mol. The van der Waals surface area contributed by atoms with Gasteiger partial charge in [-0.05, 0) is 37.1 Å². The molecular weight excluding hydrogens is 245 g/mol. The second-order valence-electron chi connectivity index (χ2n) is 4.94. The van der Waals surface area contributed by atoms with E-state index in [0.717, 1.165) is 19.5 Å². The number of rotatable bonds is 6. The number of nitrogens with zero attached hydrogens (tertiary/aromatic N) is 1. The van der Waals surface area contributed by atoms with Gasteiger partial charge in [-0.25, -0.2) is 4.39 Å². The van der Waals surface area contributed by atoms with E-state index in [0.29, 0.717) is 19.3 Å². The first-order chi connectivity index (χ1) is 9.31. The molecule has 106 valence electrons. The Bertz CT molecular complexity index is 369. The summed E-state index contributed by atoms with van der Waals surface area (Å²) in [6, 6.07) is 7.20. The zero-order chi connectivity index (χ0) is 13.5. The molecule has 0 radical (unpaired) electrons. The Labute approximate surface area is 114 Å². The second kappa shape index (κ2) is 7.58. The van der Waals surface area contributed by atoms with Crippen molar-refractivity contribution < 1.29 is 14.2 Å². The van der Waals surface area contributed by atoms with Crippen LogP contribution in [0.25, 0.3) is 0 Å². The monoisotopic (exact) mass is 267 g/mol. The van der Waals surface area contributed by atoms with Crippen molar-refractivity contribution in [3.05, 3.63) is 35.6 Å². The maximum atomic E-state index is 13.0. The van der Waals surface area contributed by atoms with Gasteiger partial charge in [0.2, 0.25) is 0 Å². The molecule has 1 heterocycles. The highest BCUT2D eigenvalue weighted by Gasteiger charge is 2.23. The first-order valence-electron chi connectivity index (χ1n) is 6.99. The molecule has 0 bridgehead atoms. The largest absolute Gasteiger partial charge is 0.394 e. The van der Waals surface area contributed by atoms with E-state index in [9.17, 15) is 4.39 Å². The number of benzene rings is 1. The number of piperidine rings is 1. The van der Waals surface area contributed by atoms with Crippen LogP contribution in [0.3, 0.4) is 0 Å². The Morgan fingerprint density at radius 2 is 2.00 bits per heavy atom. The SMILES string of the molecule is OCCOCCN1CCCCC1c1ccc(F)cc1. The molecule has 4 heteroatoms. The van der Waals surface area contributed by atoms with E-state index in [1.807, 2.05) is 12.1 Å². The molecule has 0 aliphatic carbocycles. The number of halogens is 1. The second-order valence-corrected chi connectivity index (χ2v) is 4.94. The van der Waals surface area contributed by atoms with Gasteiger partial charge in [-0.15, -0.1) is 0 Å². The summed E-state index contributed by atoms with van der Waals surface area (Å²) in [7, 11) is 0. The predicted octanol–water partition coefficient (Wildman–Crippen LogP) is 2.36. The van der Waals surface area contributed by atoms with Crippen molar-refractivity contribution in [1.29, 1.82) is 0 Å². The van der Waals surface area contributed by atoms with E-state index < -0.39 is 0 Å². The predicted molar refractivity (Wildman–Crippen MR) is 72.5 cm³/mol. The fraction of sp³-hybridized carbons (Fsp3) is 0.600. The number of likely N-dealkylation sites (tertiary alicyclic amines) is 1. The highest BCUT2D eigenvalue weighted by Crippen LogP contribution is 2.30. The molecule has 1 N–H and O–H groups in total. The summed E-state index contributed by atoms with van der Waals surface area (Å²) in [6.45, 7) is 3.03. The molecule has 1 fully saturated rings. The zero-order valence-electron chi connectivity index (χ0n) is 11.2. The molecule has 0 amide bonds. The van der Waals surface area contributed by atoms with Crippen LogP contribution in [0.5, 0.6) is 0 Å². The number of ether oxygens (including phenoxy) is 1. The van der Waals surface area contributed by atoms with Crippen LogP contribution in [0.15, 0.2) is 24.3 Å². The average Bonchev–Trinajstić information content (AvgIpc) is 2.45. The molecule has 1 aliphatic heterocycles. The minimum Gasteiger partial charge on any atom is -0.394 e. The molecule has 1 saturated heterocycles. The van der Waals surface area contributed by atoms with E-state index in [4.69, 9.17) is 9.84 Å². The molecule has 1 aliphatic rings. The Balaban J connectivity index is 1.93. The van der Waals surface area contributed by atoms with Gasteiger partial charge in [0.15, 0.2) is 0 Å². The van der Waals surface area contributed by atoms with E-state index >= 15 is 0 Å². The number of aliphatic hydroxyl groups is 1. The smallest absolute Gasteiger partial charge is 0.123 e. The van der Waals surface area contributed by atoms with E-state index in [1.54, 1.807) is 0 Å². The standard InChI is InChI=1S/C15H22FNO2/c16-14-6-4-13(5-7-14)15-3-1-2-8-17(15)9-11-19-12-10-18/h4-7,15,18H,1-3,8-12H2. The topological polar surface area (TPSA) is 32.7 Å². The van der Waals surface area contributed by atoms with Gasteiger partial charge in [0, 0.05) is 12.6 Å². The van der Waals surface area contributed by atoms with Crippen LogP contribution in [-0.4, -0.2) is 42.9 Å². The Morgan fingerprint density at radius 3 is 2.74 bits per heavy atom. The van der Waals surface area contributed by atoms with Crippen molar-refractivity contribution in [1.82, 2.24) is 4.90 Å². The molecule has 1 aromatic carbocycles. The third-order valence-corrected chi connectivity index (χ3v) is 3.63. The Hall–Kier alpha value is -0.970. The van der Waals surface area contributed by atoms with Gasteiger partial charge in [-0.2, -0.15) is 0 Å².